The van der Waals surface area contributed by atoms with Gasteiger partial charge in [0, 0.05) is 11.1 Å². The zero-order valence-corrected chi connectivity index (χ0v) is 10.6. The number of hydrogen-bond acceptors (Lipinski definition) is 2. The molecule has 0 atom stereocenters. The van der Waals surface area contributed by atoms with Gasteiger partial charge in [-0.2, -0.15) is 5.10 Å². The first kappa shape index (κ1) is 12.0. The SMILES string of the molecule is O=C(O)c1[nH]nc(-c2ccccc2)c1C1CCCC1. The third-order valence-electron chi connectivity index (χ3n) is 3.83. The van der Waals surface area contributed by atoms with Gasteiger partial charge in [-0.05, 0) is 18.8 Å². The van der Waals surface area contributed by atoms with E-state index >= 15 is 0 Å². The number of aromatic amines is 1. The molecule has 1 saturated carbocycles. The maximum Gasteiger partial charge on any atom is 0.354 e. The molecule has 2 aromatic rings. The predicted octanol–water partition coefficient (Wildman–Crippen LogP) is 3.43. The number of hydrogen-bond donors (Lipinski definition) is 2. The summed E-state index contributed by atoms with van der Waals surface area (Å²) in [6.07, 6.45) is 4.45. The van der Waals surface area contributed by atoms with E-state index in [2.05, 4.69) is 10.2 Å². The number of rotatable bonds is 3. The standard InChI is InChI=1S/C15H16N2O2/c18-15(19)14-12(10-6-4-5-7-10)13(16-17-14)11-8-2-1-3-9-11/h1-3,8-10H,4-7H2,(H,16,17)(H,18,19). The monoisotopic (exact) mass is 256 g/mol. The molecule has 1 heterocycles. The Labute approximate surface area is 111 Å². The lowest BCUT2D eigenvalue weighted by Crippen LogP contribution is -2.04. The summed E-state index contributed by atoms with van der Waals surface area (Å²) < 4.78 is 0. The molecule has 1 fully saturated rings. The van der Waals surface area contributed by atoms with Crippen molar-refractivity contribution in [2.24, 2.45) is 0 Å². The maximum absolute atomic E-state index is 11.4. The Morgan fingerprint density at radius 1 is 1.21 bits per heavy atom. The number of aromatic nitrogens is 2. The molecule has 3 rings (SSSR count). The van der Waals surface area contributed by atoms with E-state index in [9.17, 15) is 9.90 Å². The van der Waals surface area contributed by atoms with Crippen LogP contribution in [0, 0.1) is 0 Å². The van der Waals surface area contributed by atoms with E-state index in [1.54, 1.807) is 0 Å². The lowest BCUT2D eigenvalue weighted by atomic mass is 9.92. The summed E-state index contributed by atoms with van der Waals surface area (Å²) in [5, 5.41) is 16.3. The highest BCUT2D eigenvalue weighted by molar-refractivity contribution is 5.90. The quantitative estimate of drug-likeness (QED) is 0.884. The molecule has 4 heteroatoms. The van der Waals surface area contributed by atoms with Crippen LogP contribution in [0.5, 0.6) is 0 Å². The number of carboxylic acids is 1. The molecular formula is C15H16N2O2. The lowest BCUT2D eigenvalue weighted by Gasteiger charge is -2.11. The summed E-state index contributed by atoms with van der Waals surface area (Å²) in [6.45, 7) is 0. The van der Waals surface area contributed by atoms with Crippen LogP contribution in [0.4, 0.5) is 0 Å². The number of nitrogens with one attached hydrogen (secondary N) is 1. The first-order valence-corrected chi connectivity index (χ1v) is 6.64. The van der Waals surface area contributed by atoms with Gasteiger partial charge in [0.15, 0.2) is 0 Å². The number of benzene rings is 1. The molecule has 2 N–H and O–H groups in total. The molecule has 0 saturated heterocycles. The van der Waals surface area contributed by atoms with Crippen LogP contribution in [0.3, 0.4) is 0 Å². The molecule has 0 unspecified atom stereocenters. The Morgan fingerprint density at radius 2 is 1.89 bits per heavy atom. The zero-order chi connectivity index (χ0) is 13.2. The summed E-state index contributed by atoms with van der Waals surface area (Å²) in [4.78, 5) is 11.4. The van der Waals surface area contributed by atoms with Crippen LogP contribution in [-0.2, 0) is 0 Å². The Bertz CT molecular complexity index is 583. The van der Waals surface area contributed by atoms with Gasteiger partial charge in [0.25, 0.3) is 0 Å². The minimum absolute atomic E-state index is 0.255. The molecule has 1 aliphatic carbocycles. The third-order valence-corrected chi connectivity index (χ3v) is 3.83. The highest BCUT2D eigenvalue weighted by Crippen LogP contribution is 2.40. The Kier molecular flexibility index (Phi) is 3.07. The van der Waals surface area contributed by atoms with Gasteiger partial charge in [-0.1, -0.05) is 43.2 Å². The van der Waals surface area contributed by atoms with Crippen LogP contribution in [0.15, 0.2) is 30.3 Å². The first-order valence-electron chi connectivity index (χ1n) is 6.64. The van der Waals surface area contributed by atoms with Crippen molar-refractivity contribution < 1.29 is 9.90 Å². The van der Waals surface area contributed by atoms with E-state index in [0.29, 0.717) is 5.92 Å². The van der Waals surface area contributed by atoms with Crippen molar-refractivity contribution in [3.8, 4) is 11.3 Å². The molecule has 19 heavy (non-hydrogen) atoms. The average Bonchev–Trinajstić information content (AvgIpc) is 3.08. The Balaban J connectivity index is 2.12. The molecule has 0 aliphatic heterocycles. The van der Waals surface area contributed by atoms with Gasteiger partial charge in [-0.15, -0.1) is 0 Å². The molecular weight excluding hydrogens is 240 g/mol. The molecule has 0 amide bonds. The van der Waals surface area contributed by atoms with Gasteiger partial charge in [0.1, 0.15) is 5.69 Å². The fourth-order valence-electron chi connectivity index (χ4n) is 2.94. The summed E-state index contributed by atoms with van der Waals surface area (Å²) in [7, 11) is 0. The molecule has 0 radical (unpaired) electrons. The normalized spacial score (nSPS) is 15.8. The molecule has 1 aliphatic rings. The summed E-state index contributed by atoms with van der Waals surface area (Å²) >= 11 is 0. The summed E-state index contributed by atoms with van der Waals surface area (Å²) in [5.41, 5.74) is 2.92. The van der Waals surface area contributed by atoms with E-state index < -0.39 is 5.97 Å². The van der Waals surface area contributed by atoms with Gasteiger partial charge < -0.3 is 5.11 Å². The minimum Gasteiger partial charge on any atom is -0.477 e. The van der Waals surface area contributed by atoms with E-state index in [1.807, 2.05) is 30.3 Å². The zero-order valence-electron chi connectivity index (χ0n) is 10.6. The van der Waals surface area contributed by atoms with Crippen molar-refractivity contribution in [1.29, 1.82) is 0 Å². The second-order valence-electron chi connectivity index (χ2n) is 5.01. The molecule has 0 spiro atoms. The van der Waals surface area contributed by atoms with Crippen LogP contribution in [-0.4, -0.2) is 21.3 Å². The second kappa shape index (κ2) is 4.88. The first-order chi connectivity index (χ1) is 9.27. The van der Waals surface area contributed by atoms with Crippen LogP contribution in [0.2, 0.25) is 0 Å². The molecule has 98 valence electrons. The Morgan fingerprint density at radius 3 is 2.53 bits per heavy atom. The predicted molar refractivity (Wildman–Crippen MR) is 72.2 cm³/mol. The fraction of sp³-hybridized carbons (Fsp3) is 0.333. The highest BCUT2D eigenvalue weighted by Gasteiger charge is 2.28. The molecule has 1 aromatic heterocycles. The van der Waals surface area contributed by atoms with E-state index in [0.717, 1.165) is 29.7 Å². The maximum atomic E-state index is 11.4. The largest absolute Gasteiger partial charge is 0.477 e. The van der Waals surface area contributed by atoms with Crippen LogP contribution >= 0.6 is 0 Å². The summed E-state index contributed by atoms with van der Waals surface area (Å²) in [5.74, 6) is -0.600. The minimum atomic E-state index is -0.920. The van der Waals surface area contributed by atoms with Crippen LogP contribution in [0.25, 0.3) is 11.3 Å². The number of carbonyl (C=O) groups is 1. The van der Waals surface area contributed by atoms with Crippen molar-refractivity contribution in [2.45, 2.75) is 31.6 Å². The van der Waals surface area contributed by atoms with Crippen molar-refractivity contribution in [3.63, 3.8) is 0 Å². The topological polar surface area (TPSA) is 66.0 Å². The van der Waals surface area contributed by atoms with Gasteiger partial charge in [0.2, 0.25) is 0 Å². The highest BCUT2D eigenvalue weighted by atomic mass is 16.4. The van der Waals surface area contributed by atoms with E-state index in [-0.39, 0.29) is 5.69 Å². The van der Waals surface area contributed by atoms with E-state index in [4.69, 9.17) is 0 Å². The third kappa shape index (κ3) is 2.14. The molecule has 4 nitrogen and oxygen atoms in total. The van der Waals surface area contributed by atoms with Crippen molar-refractivity contribution in [1.82, 2.24) is 10.2 Å². The molecule has 1 aromatic carbocycles. The number of carboxylic acid groups (broad SMARTS) is 1. The molecule has 0 bridgehead atoms. The number of H-pyrrole nitrogens is 1. The number of nitrogens with zero attached hydrogens (tertiary/aromatic N) is 1. The van der Waals surface area contributed by atoms with Gasteiger partial charge >= 0.3 is 5.97 Å². The van der Waals surface area contributed by atoms with Gasteiger partial charge in [0.05, 0.1) is 5.69 Å². The van der Waals surface area contributed by atoms with Crippen molar-refractivity contribution >= 4 is 5.97 Å². The average molecular weight is 256 g/mol. The number of aromatic carboxylic acids is 1. The lowest BCUT2D eigenvalue weighted by molar-refractivity contribution is 0.0688. The van der Waals surface area contributed by atoms with Crippen LogP contribution < -0.4 is 0 Å². The van der Waals surface area contributed by atoms with Gasteiger partial charge in [-0.3, -0.25) is 5.10 Å². The smallest absolute Gasteiger partial charge is 0.354 e. The second-order valence-corrected chi connectivity index (χ2v) is 5.01. The Hall–Kier alpha value is -2.10. The van der Waals surface area contributed by atoms with Crippen molar-refractivity contribution in [3.05, 3.63) is 41.6 Å². The summed E-state index contributed by atoms with van der Waals surface area (Å²) in [6, 6.07) is 9.79. The fourth-order valence-corrected chi connectivity index (χ4v) is 2.94. The van der Waals surface area contributed by atoms with Gasteiger partial charge in [-0.25, -0.2) is 4.79 Å². The van der Waals surface area contributed by atoms with E-state index in [1.165, 1.54) is 12.8 Å². The van der Waals surface area contributed by atoms with Crippen LogP contribution in [0.1, 0.15) is 47.7 Å². The van der Waals surface area contributed by atoms with Crippen molar-refractivity contribution in [2.75, 3.05) is 0 Å².